The number of nitrogens with zero attached hydrogens (tertiary/aromatic N) is 2. The first-order valence-electron chi connectivity index (χ1n) is 22.3. The summed E-state index contributed by atoms with van der Waals surface area (Å²) in [4.78, 5) is 30.9. The van der Waals surface area contributed by atoms with Crippen LogP contribution in [0.3, 0.4) is 0 Å². The second-order valence-corrected chi connectivity index (χ2v) is 18.2. The van der Waals surface area contributed by atoms with Crippen LogP contribution in [0, 0.1) is 0 Å². The Morgan fingerprint density at radius 3 is 1.77 bits per heavy atom. The monoisotopic (exact) mass is 873 g/mol. The maximum Gasteiger partial charge on any atom is 0.338 e. The molecule has 0 aromatic heterocycles. The lowest BCUT2D eigenvalue weighted by Gasteiger charge is -2.31. The molecule has 0 spiro atoms. The number of sulfonamides is 1. The highest BCUT2D eigenvalue weighted by atomic mass is 79.9. The van der Waals surface area contributed by atoms with Gasteiger partial charge >= 0.3 is 5.97 Å². The number of amides is 1. The number of fused-ring (bicyclic) bond motifs is 1. The minimum Gasteiger partial charge on any atom is -0.491 e. The largest absolute Gasteiger partial charge is 0.491 e. The Morgan fingerprint density at radius 2 is 1.19 bits per heavy atom. The van der Waals surface area contributed by atoms with E-state index in [1.54, 1.807) is 42.5 Å². The minimum atomic E-state index is -3.95. The van der Waals surface area contributed by atoms with Crippen molar-refractivity contribution in [2.75, 3.05) is 25.1 Å². The number of nitrogens with one attached hydrogen (secondary N) is 1. The number of hydrogen-bond acceptors (Lipinski definition) is 7. The van der Waals surface area contributed by atoms with Crippen molar-refractivity contribution in [3.8, 4) is 5.75 Å². The van der Waals surface area contributed by atoms with Crippen molar-refractivity contribution < 1.29 is 27.5 Å². The van der Waals surface area contributed by atoms with Gasteiger partial charge in [0.15, 0.2) is 4.83 Å². The molecular formula is C46H72BrN3O6S. The Labute approximate surface area is 353 Å². The third kappa shape index (κ3) is 17.5. The first-order valence-corrected chi connectivity index (χ1v) is 24.7. The fourth-order valence-corrected chi connectivity index (χ4v) is 9.32. The standard InChI is InChI=1S/C46H72BrN3O6S/c1-4-7-10-13-16-17-18-19-20-21-24-29-36-56-46(52)38-32-33-41(55-35-28-23-15-12-9-6-3)40(37-38)49-45(51)43(47)44-48-39-30-25-26-31-42(39)57(53,54)50(44)34-27-22-14-11-8-5-2/h25-26,30-33,37,43H,4-24,27-29,34-36H2,1-3H3,(H,49,51). The summed E-state index contributed by atoms with van der Waals surface area (Å²) in [6.45, 7) is 7.62. The summed E-state index contributed by atoms with van der Waals surface area (Å²) in [6, 6.07) is 11.6. The zero-order chi connectivity index (χ0) is 41.1. The van der Waals surface area contributed by atoms with Gasteiger partial charge in [-0.25, -0.2) is 18.2 Å². The zero-order valence-corrected chi connectivity index (χ0v) is 37.7. The molecule has 1 heterocycles. The Morgan fingerprint density at radius 1 is 0.684 bits per heavy atom. The van der Waals surface area contributed by atoms with E-state index in [0.29, 0.717) is 42.3 Å². The van der Waals surface area contributed by atoms with Crippen molar-refractivity contribution in [2.45, 2.75) is 185 Å². The summed E-state index contributed by atoms with van der Waals surface area (Å²) >= 11 is 3.52. The number of halogens is 1. The van der Waals surface area contributed by atoms with E-state index in [1.165, 1.54) is 81.4 Å². The number of esters is 1. The van der Waals surface area contributed by atoms with Crippen LogP contribution in [0.2, 0.25) is 0 Å². The maximum atomic E-state index is 14.0. The molecular weight excluding hydrogens is 802 g/mol. The molecule has 0 saturated heterocycles. The first kappa shape index (κ1) is 48.4. The van der Waals surface area contributed by atoms with Crippen LogP contribution >= 0.6 is 15.9 Å². The van der Waals surface area contributed by atoms with Crippen LogP contribution in [0.4, 0.5) is 11.4 Å². The third-order valence-corrected chi connectivity index (χ3v) is 13.2. The van der Waals surface area contributed by atoms with Crippen LogP contribution in [0.5, 0.6) is 5.75 Å². The predicted molar refractivity (Wildman–Crippen MR) is 239 cm³/mol. The van der Waals surface area contributed by atoms with Crippen molar-refractivity contribution in [1.29, 1.82) is 0 Å². The van der Waals surface area contributed by atoms with Gasteiger partial charge < -0.3 is 14.8 Å². The second kappa shape index (κ2) is 28.5. The van der Waals surface area contributed by atoms with Gasteiger partial charge in [-0.3, -0.25) is 9.10 Å². The molecule has 0 aliphatic carbocycles. The molecule has 0 bridgehead atoms. The number of carbonyl (C=O) groups excluding carboxylic acids is 2. The zero-order valence-electron chi connectivity index (χ0n) is 35.3. The highest BCUT2D eigenvalue weighted by Gasteiger charge is 2.39. The van der Waals surface area contributed by atoms with Gasteiger partial charge in [-0.05, 0) is 49.6 Å². The van der Waals surface area contributed by atoms with Gasteiger partial charge in [0.05, 0.1) is 30.2 Å². The first-order chi connectivity index (χ1) is 27.7. The lowest BCUT2D eigenvalue weighted by atomic mass is 10.1. The van der Waals surface area contributed by atoms with E-state index >= 15 is 0 Å². The lowest BCUT2D eigenvalue weighted by molar-refractivity contribution is -0.114. The van der Waals surface area contributed by atoms with Crippen LogP contribution in [0.15, 0.2) is 52.4 Å². The van der Waals surface area contributed by atoms with E-state index in [1.807, 2.05) is 0 Å². The van der Waals surface area contributed by atoms with Gasteiger partial charge in [-0.2, -0.15) is 0 Å². The highest BCUT2D eigenvalue weighted by Crippen LogP contribution is 2.35. The van der Waals surface area contributed by atoms with Crippen molar-refractivity contribution in [2.24, 2.45) is 4.99 Å². The fraction of sp³-hybridized carbons (Fsp3) is 0.674. The Balaban J connectivity index is 1.66. The number of rotatable bonds is 32. The number of aliphatic imine (C=N–C) groups is 1. The van der Waals surface area contributed by atoms with Crippen LogP contribution < -0.4 is 10.1 Å². The van der Waals surface area contributed by atoms with Crippen molar-refractivity contribution in [3.63, 3.8) is 0 Å². The van der Waals surface area contributed by atoms with Gasteiger partial charge in [-0.1, -0.05) is 184 Å². The summed E-state index contributed by atoms with van der Waals surface area (Å²) in [6.07, 6.45) is 27.3. The number of hydrogen-bond donors (Lipinski definition) is 1. The Bertz CT molecular complexity index is 1600. The molecule has 320 valence electrons. The molecule has 3 rings (SSSR count). The highest BCUT2D eigenvalue weighted by molar-refractivity contribution is 9.10. The molecule has 1 aliphatic heterocycles. The van der Waals surface area contributed by atoms with E-state index in [0.717, 1.165) is 70.6 Å². The van der Waals surface area contributed by atoms with Crippen LogP contribution in [-0.4, -0.2) is 55.0 Å². The number of ether oxygens (including phenoxy) is 2. The SMILES string of the molecule is CCCCCCCCCCCCCCOC(=O)c1ccc(OCCCCCCCC)c(NC(=O)C(Br)C2=Nc3ccccc3S(=O)(=O)N2CCCCCCCC)c1. The number of carbonyl (C=O) groups is 2. The summed E-state index contributed by atoms with van der Waals surface area (Å²) in [5.74, 6) is -0.451. The van der Waals surface area contributed by atoms with Crippen molar-refractivity contribution in [1.82, 2.24) is 4.31 Å². The van der Waals surface area contributed by atoms with Crippen LogP contribution in [0.1, 0.15) is 185 Å². The average molecular weight is 875 g/mol. The topological polar surface area (TPSA) is 114 Å². The summed E-state index contributed by atoms with van der Waals surface area (Å²) in [5, 5.41) is 2.93. The number of anilines is 1. The van der Waals surface area contributed by atoms with Gasteiger partial charge in [0, 0.05) is 6.54 Å². The molecule has 1 unspecified atom stereocenters. The Hall–Kier alpha value is -2.92. The molecule has 9 nitrogen and oxygen atoms in total. The second-order valence-electron chi connectivity index (χ2n) is 15.5. The van der Waals surface area contributed by atoms with Gasteiger partial charge in [0.2, 0.25) is 5.91 Å². The molecule has 0 fully saturated rings. The summed E-state index contributed by atoms with van der Waals surface area (Å²) in [7, 11) is -3.95. The van der Waals surface area contributed by atoms with Gasteiger partial charge in [0.1, 0.15) is 16.5 Å². The number of alkyl halides is 1. The lowest BCUT2D eigenvalue weighted by Crippen LogP contribution is -2.47. The van der Waals surface area contributed by atoms with E-state index in [4.69, 9.17) is 14.5 Å². The van der Waals surface area contributed by atoms with Crippen LogP contribution in [0.25, 0.3) is 0 Å². The molecule has 11 heteroatoms. The average Bonchev–Trinajstić information content (AvgIpc) is 3.21. The fourth-order valence-electron chi connectivity index (χ4n) is 7.09. The normalized spacial score (nSPS) is 13.8. The smallest absolute Gasteiger partial charge is 0.338 e. The number of benzene rings is 2. The third-order valence-electron chi connectivity index (χ3n) is 10.6. The van der Waals surface area contributed by atoms with Gasteiger partial charge in [0.25, 0.3) is 10.0 Å². The van der Waals surface area contributed by atoms with Gasteiger partial charge in [-0.15, -0.1) is 0 Å². The maximum absolute atomic E-state index is 14.0. The minimum absolute atomic E-state index is 0.104. The molecule has 0 saturated carbocycles. The van der Waals surface area contributed by atoms with E-state index in [-0.39, 0.29) is 17.3 Å². The molecule has 1 atom stereocenters. The number of amidine groups is 1. The molecule has 1 amide bonds. The molecule has 1 N–H and O–H groups in total. The predicted octanol–water partition coefficient (Wildman–Crippen LogP) is 13.1. The molecule has 2 aromatic rings. The number of unbranched alkanes of at least 4 members (excludes halogenated alkanes) is 21. The summed E-state index contributed by atoms with van der Waals surface area (Å²) < 4.78 is 40.9. The number of para-hydroxylation sites is 1. The van der Waals surface area contributed by atoms with E-state index in [9.17, 15) is 18.0 Å². The molecule has 0 radical (unpaired) electrons. The quantitative estimate of drug-likeness (QED) is 0.0445. The van der Waals surface area contributed by atoms with E-state index in [2.05, 4.69) is 42.0 Å². The van der Waals surface area contributed by atoms with Crippen molar-refractivity contribution >= 4 is 55.0 Å². The Kier molecular flexibility index (Phi) is 24.2. The molecule has 1 aliphatic rings. The molecule has 2 aromatic carbocycles. The van der Waals surface area contributed by atoms with Crippen molar-refractivity contribution in [3.05, 3.63) is 48.0 Å². The van der Waals surface area contributed by atoms with Crippen LogP contribution in [-0.2, 0) is 19.6 Å². The van der Waals surface area contributed by atoms with E-state index < -0.39 is 26.7 Å². The summed E-state index contributed by atoms with van der Waals surface area (Å²) in [5.41, 5.74) is 0.917. The molecule has 57 heavy (non-hydrogen) atoms.